The van der Waals surface area contributed by atoms with Crippen LogP contribution in [-0.4, -0.2) is 60.3 Å². The lowest BCUT2D eigenvalue weighted by Crippen LogP contribution is -2.48. The molecule has 1 saturated heterocycles. The van der Waals surface area contributed by atoms with Gasteiger partial charge in [0, 0.05) is 39.3 Å². The van der Waals surface area contributed by atoms with Crippen molar-refractivity contribution in [1.82, 2.24) is 9.80 Å². The topological polar surface area (TPSA) is 35.9 Å². The Morgan fingerprint density at radius 1 is 0.929 bits per heavy atom. The number of ether oxygens (including phenoxy) is 1. The molecule has 0 radical (unpaired) electrons. The zero-order chi connectivity index (χ0) is 19.2. The molecule has 1 aliphatic heterocycles. The maximum absolute atomic E-state index is 10.5. The maximum Gasteiger partial charge on any atom is 0.0900 e. The molecule has 0 spiro atoms. The van der Waals surface area contributed by atoms with Gasteiger partial charge in [0.25, 0.3) is 0 Å². The van der Waals surface area contributed by atoms with E-state index in [1.807, 2.05) is 0 Å². The van der Waals surface area contributed by atoms with Crippen LogP contribution in [0.2, 0.25) is 0 Å². The number of aryl methyl sites for hydroxylation is 1. The molecule has 0 saturated carbocycles. The largest absolute Gasteiger partial charge is 0.389 e. The number of hydrogen-bond donors (Lipinski definition) is 1. The molecule has 0 amide bonds. The van der Waals surface area contributed by atoms with Crippen LogP contribution in [0, 0.1) is 0 Å². The lowest BCUT2D eigenvalue weighted by atomic mass is 9.89. The fraction of sp³-hybridized carbons (Fsp3) is 0.500. The molecular formula is C24H32N2O2. The first kappa shape index (κ1) is 19.6. The molecule has 2 aliphatic rings. The lowest BCUT2D eigenvalue weighted by molar-refractivity contribution is -0.0325. The maximum atomic E-state index is 10.5. The van der Waals surface area contributed by atoms with E-state index >= 15 is 0 Å². The molecule has 150 valence electrons. The number of fused-ring (bicyclic) bond motifs is 1. The molecule has 2 atom stereocenters. The molecule has 1 N–H and O–H groups in total. The number of β-amino-alcohol motifs (C(OH)–C–C–N with tert-alkyl or cyclic N) is 1. The van der Waals surface area contributed by atoms with Gasteiger partial charge < -0.3 is 9.84 Å². The highest BCUT2D eigenvalue weighted by Gasteiger charge is 2.23. The number of piperazine rings is 1. The first-order valence-electron chi connectivity index (χ1n) is 10.6. The van der Waals surface area contributed by atoms with Crippen LogP contribution in [0.1, 0.15) is 35.6 Å². The van der Waals surface area contributed by atoms with Crippen molar-refractivity contribution in [3.8, 4) is 0 Å². The molecule has 1 fully saturated rings. The fourth-order valence-electron chi connectivity index (χ4n) is 4.43. The Kier molecular flexibility index (Phi) is 6.76. The van der Waals surface area contributed by atoms with Crippen LogP contribution < -0.4 is 0 Å². The number of nitrogens with zero attached hydrogens (tertiary/aromatic N) is 2. The third-order valence-electron chi connectivity index (χ3n) is 5.99. The van der Waals surface area contributed by atoms with Crippen molar-refractivity contribution in [3.63, 3.8) is 0 Å². The van der Waals surface area contributed by atoms with Gasteiger partial charge in [0.15, 0.2) is 0 Å². The van der Waals surface area contributed by atoms with Crippen LogP contribution in [0.4, 0.5) is 0 Å². The zero-order valence-electron chi connectivity index (χ0n) is 16.7. The fourth-order valence-corrected chi connectivity index (χ4v) is 4.43. The minimum Gasteiger partial charge on any atom is -0.389 e. The highest BCUT2D eigenvalue weighted by atomic mass is 16.5. The Balaban J connectivity index is 1.19. The summed E-state index contributed by atoms with van der Waals surface area (Å²) < 4.78 is 6.13. The minimum atomic E-state index is -0.422. The summed E-state index contributed by atoms with van der Waals surface area (Å²) in [7, 11) is 0. The first-order valence-corrected chi connectivity index (χ1v) is 10.6. The van der Waals surface area contributed by atoms with E-state index in [2.05, 4.69) is 64.4 Å². The average molecular weight is 381 g/mol. The molecule has 4 heteroatoms. The second-order valence-corrected chi connectivity index (χ2v) is 8.13. The minimum absolute atomic E-state index is 0.141. The van der Waals surface area contributed by atoms with Gasteiger partial charge in [0.1, 0.15) is 0 Å². The van der Waals surface area contributed by atoms with Crippen molar-refractivity contribution < 1.29 is 9.84 Å². The predicted octanol–water partition coefficient (Wildman–Crippen LogP) is 3.26. The van der Waals surface area contributed by atoms with E-state index in [1.165, 1.54) is 23.1 Å². The first-order chi connectivity index (χ1) is 13.8. The second kappa shape index (κ2) is 9.66. The van der Waals surface area contributed by atoms with E-state index in [1.54, 1.807) is 0 Å². The van der Waals surface area contributed by atoms with Gasteiger partial charge >= 0.3 is 0 Å². The Morgan fingerprint density at radius 3 is 2.46 bits per heavy atom. The highest BCUT2D eigenvalue weighted by Crippen LogP contribution is 2.32. The van der Waals surface area contributed by atoms with Gasteiger partial charge in [-0.2, -0.15) is 0 Å². The summed E-state index contributed by atoms with van der Waals surface area (Å²) in [6.07, 6.45) is 3.09. The summed E-state index contributed by atoms with van der Waals surface area (Å²) in [5, 5.41) is 10.5. The number of aliphatic hydroxyl groups excluding tert-OH is 1. The Morgan fingerprint density at radius 2 is 1.64 bits per heavy atom. The SMILES string of the molecule is OC(CO[C@H]1CCCc2ccccc21)CN1CCN(Cc2ccccc2)CC1. The number of aliphatic hydroxyl groups is 1. The molecule has 2 aromatic rings. The third-order valence-corrected chi connectivity index (χ3v) is 5.99. The van der Waals surface area contributed by atoms with Gasteiger partial charge in [-0.1, -0.05) is 54.6 Å². The third kappa shape index (κ3) is 5.21. The van der Waals surface area contributed by atoms with Crippen molar-refractivity contribution in [2.24, 2.45) is 0 Å². The average Bonchev–Trinajstić information content (AvgIpc) is 2.74. The van der Waals surface area contributed by atoms with Crippen LogP contribution >= 0.6 is 0 Å². The monoisotopic (exact) mass is 380 g/mol. The Bertz CT molecular complexity index is 728. The molecule has 4 rings (SSSR count). The molecule has 0 bridgehead atoms. The van der Waals surface area contributed by atoms with Crippen LogP contribution in [0.3, 0.4) is 0 Å². The van der Waals surface area contributed by atoms with Crippen LogP contribution in [0.5, 0.6) is 0 Å². The van der Waals surface area contributed by atoms with E-state index in [4.69, 9.17) is 4.74 Å². The molecule has 1 aliphatic carbocycles. The normalized spacial score (nSPS) is 22.0. The summed E-state index contributed by atoms with van der Waals surface area (Å²) >= 11 is 0. The van der Waals surface area contributed by atoms with Crippen molar-refractivity contribution in [1.29, 1.82) is 0 Å². The van der Waals surface area contributed by atoms with E-state index in [9.17, 15) is 5.11 Å². The van der Waals surface area contributed by atoms with Gasteiger partial charge in [0.2, 0.25) is 0 Å². The lowest BCUT2D eigenvalue weighted by Gasteiger charge is -2.36. The number of rotatable bonds is 7. The summed E-state index contributed by atoms with van der Waals surface area (Å²) in [4.78, 5) is 4.86. The van der Waals surface area contributed by atoms with Gasteiger partial charge in [-0.15, -0.1) is 0 Å². The quantitative estimate of drug-likeness (QED) is 0.800. The van der Waals surface area contributed by atoms with Gasteiger partial charge in [-0.3, -0.25) is 9.80 Å². The van der Waals surface area contributed by atoms with Crippen molar-refractivity contribution >= 4 is 0 Å². The molecule has 2 aromatic carbocycles. The number of hydrogen-bond acceptors (Lipinski definition) is 4. The van der Waals surface area contributed by atoms with E-state index in [0.29, 0.717) is 13.2 Å². The smallest absolute Gasteiger partial charge is 0.0900 e. The second-order valence-electron chi connectivity index (χ2n) is 8.13. The van der Waals surface area contributed by atoms with Gasteiger partial charge in [-0.05, 0) is 36.0 Å². The summed E-state index contributed by atoms with van der Waals surface area (Å²) in [5.41, 5.74) is 4.09. The van der Waals surface area contributed by atoms with E-state index < -0.39 is 6.10 Å². The summed E-state index contributed by atoms with van der Waals surface area (Å²) in [6.45, 7) is 6.27. The van der Waals surface area contributed by atoms with Crippen molar-refractivity contribution in [3.05, 3.63) is 71.3 Å². The Hall–Kier alpha value is -1.72. The molecule has 28 heavy (non-hydrogen) atoms. The summed E-state index contributed by atoms with van der Waals surface area (Å²) in [6, 6.07) is 19.2. The molecular weight excluding hydrogens is 348 g/mol. The van der Waals surface area contributed by atoms with Crippen LogP contribution in [0.15, 0.2) is 54.6 Å². The van der Waals surface area contributed by atoms with Crippen LogP contribution in [0.25, 0.3) is 0 Å². The van der Waals surface area contributed by atoms with E-state index in [0.717, 1.165) is 45.6 Å². The molecule has 0 aromatic heterocycles. The van der Waals surface area contributed by atoms with E-state index in [-0.39, 0.29) is 6.10 Å². The van der Waals surface area contributed by atoms with Gasteiger partial charge in [-0.25, -0.2) is 0 Å². The molecule has 1 unspecified atom stereocenters. The highest BCUT2D eigenvalue weighted by molar-refractivity contribution is 5.31. The standard InChI is InChI=1S/C24H32N2O2/c27-22(19-28-24-12-6-10-21-9-4-5-11-23(21)24)18-26-15-13-25(14-16-26)17-20-7-2-1-3-8-20/h1-5,7-9,11,22,24,27H,6,10,12-19H2/t22?,24-/m0/s1. The van der Waals surface area contributed by atoms with Crippen molar-refractivity contribution in [2.45, 2.75) is 38.0 Å². The van der Waals surface area contributed by atoms with Crippen molar-refractivity contribution in [2.75, 3.05) is 39.3 Å². The zero-order valence-corrected chi connectivity index (χ0v) is 16.7. The Labute approximate surface area is 168 Å². The molecule has 1 heterocycles. The molecule has 4 nitrogen and oxygen atoms in total. The number of benzene rings is 2. The predicted molar refractivity (Wildman–Crippen MR) is 112 cm³/mol. The van der Waals surface area contributed by atoms with Crippen LogP contribution in [-0.2, 0) is 17.7 Å². The summed E-state index contributed by atoms with van der Waals surface area (Å²) in [5.74, 6) is 0. The van der Waals surface area contributed by atoms with Gasteiger partial charge in [0.05, 0.1) is 18.8 Å².